The lowest BCUT2D eigenvalue weighted by Gasteiger charge is -2.31. The third-order valence-electron chi connectivity index (χ3n) is 2.14. The van der Waals surface area contributed by atoms with Gasteiger partial charge in [-0.15, -0.1) is 0 Å². The summed E-state index contributed by atoms with van der Waals surface area (Å²) in [5, 5.41) is 0. The Kier molecular flexibility index (Phi) is 2.10. The Balaban J connectivity index is 1.70. The lowest BCUT2D eigenvalue weighted by Crippen LogP contribution is -2.41. The molecule has 2 rings (SSSR count). The summed E-state index contributed by atoms with van der Waals surface area (Å²) < 4.78 is 5.52. The molecule has 0 atom stereocenters. The van der Waals surface area contributed by atoms with Crippen molar-refractivity contribution in [1.29, 1.82) is 0 Å². The van der Waals surface area contributed by atoms with E-state index < -0.39 is 0 Å². The van der Waals surface area contributed by atoms with Crippen LogP contribution in [0.5, 0.6) is 0 Å². The van der Waals surface area contributed by atoms with Crippen molar-refractivity contribution in [2.24, 2.45) is 5.73 Å². The summed E-state index contributed by atoms with van der Waals surface area (Å²) in [7, 11) is 0. The SMILES string of the molecule is NC1CC(OCc2ncc[nH]2)C1. The Morgan fingerprint density at radius 2 is 2.50 bits per heavy atom. The highest BCUT2D eigenvalue weighted by Gasteiger charge is 2.26. The van der Waals surface area contributed by atoms with Gasteiger partial charge in [-0.25, -0.2) is 4.98 Å². The van der Waals surface area contributed by atoms with Crippen molar-refractivity contribution in [3.8, 4) is 0 Å². The van der Waals surface area contributed by atoms with E-state index in [1.54, 1.807) is 12.4 Å². The molecule has 1 fully saturated rings. The molecule has 1 saturated carbocycles. The highest BCUT2D eigenvalue weighted by Crippen LogP contribution is 2.21. The molecule has 1 aliphatic rings. The highest BCUT2D eigenvalue weighted by atomic mass is 16.5. The number of nitrogens with two attached hydrogens (primary N) is 1. The van der Waals surface area contributed by atoms with Crippen LogP contribution in [0.2, 0.25) is 0 Å². The Morgan fingerprint density at radius 3 is 3.08 bits per heavy atom. The monoisotopic (exact) mass is 167 g/mol. The van der Waals surface area contributed by atoms with Crippen LogP contribution in [-0.4, -0.2) is 22.1 Å². The van der Waals surface area contributed by atoms with E-state index in [-0.39, 0.29) is 0 Å². The maximum atomic E-state index is 5.61. The van der Waals surface area contributed by atoms with Gasteiger partial charge in [-0.1, -0.05) is 0 Å². The molecule has 1 aromatic heterocycles. The smallest absolute Gasteiger partial charge is 0.132 e. The van der Waals surface area contributed by atoms with Gasteiger partial charge in [0.2, 0.25) is 0 Å². The largest absolute Gasteiger partial charge is 0.370 e. The normalized spacial score (nSPS) is 28.4. The fraction of sp³-hybridized carbons (Fsp3) is 0.625. The van der Waals surface area contributed by atoms with Gasteiger partial charge in [-0.05, 0) is 12.8 Å². The van der Waals surface area contributed by atoms with Gasteiger partial charge in [0.1, 0.15) is 12.4 Å². The molecule has 4 nitrogen and oxygen atoms in total. The van der Waals surface area contributed by atoms with Crippen molar-refractivity contribution in [3.05, 3.63) is 18.2 Å². The van der Waals surface area contributed by atoms with E-state index in [1.807, 2.05) is 0 Å². The van der Waals surface area contributed by atoms with Crippen LogP contribution < -0.4 is 5.73 Å². The third-order valence-corrected chi connectivity index (χ3v) is 2.14. The predicted molar refractivity (Wildman–Crippen MR) is 44.4 cm³/mol. The zero-order valence-electron chi connectivity index (χ0n) is 6.86. The molecule has 0 saturated heterocycles. The Hall–Kier alpha value is -0.870. The number of nitrogens with zero attached hydrogens (tertiary/aromatic N) is 1. The maximum absolute atomic E-state index is 5.61. The minimum absolute atomic E-state index is 0.352. The molecule has 12 heavy (non-hydrogen) atoms. The average molecular weight is 167 g/mol. The molecule has 0 radical (unpaired) electrons. The second-order valence-corrected chi connectivity index (χ2v) is 3.20. The molecule has 0 aliphatic heterocycles. The number of nitrogens with one attached hydrogen (secondary N) is 1. The summed E-state index contributed by atoms with van der Waals surface area (Å²) in [6.45, 7) is 0.574. The first kappa shape index (κ1) is 7.76. The number of ether oxygens (including phenoxy) is 1. The van der Waals surface area contributed by atoms with Crippen LogP contribution in [0.25, 0.3) is 0 Å². The Morgan fingerprint density at radius 1 is 1.67 bits per heavy atom. The van der Waals surface area contributed by atoms with Crippen LogP contribution >= 0.6 is 0 Å². The molecule has 66 valence electrons. The summed E-state index contributed by atoms with van der Waals surface area (Å²) in [5.74, 6) is 0.885. The van der Waals surface area contributed by atoms with E-state index in [9.17, 15) is 0 Å². The summed E-state index contributed by atoms with van der Waals surface area (Å²) in [5.41, 5.74) is 5.61. The van der Waals surface area contributed by atoms with Gasteiger partial charge in [-0.3, -0.25) is 0 Å². The van der Waals surface area contributed by atoms with Crippen molar-refractivity contribution in [2.45, 2.75) is 31.6 Å². The topological polar surface area (TPSA) is 63.9 Å². The van der Waals surface area contributed by atoms with Gasteiger partial charge in [0.15, 0.2) is 0 Å². The number of imidazole rings is 1. The van der Waals surface area contributed by atoms with E-state index in [2.05, 4.69) is 9.97 Å². The van der Waals surface area contributed by atoms with E-state index >= 15 is 0 Å². The number of hydrogen-bond acceptors (Lipinski definition) is 3. The fourth-order valence-corrected chi connectivity index (χ4v) is 1.32. The van der Waals surface area contributed by atoms with Gasteiger partial charge < -0.3 is 15.5 Å². The minimum atomic E-state index is 0.352. The van der Waals surface area contributed by atoms with Gasteiger partial charge in [0, 0.05) is 18.4 Å². The summed E-state index contributed by atoms with van der Waals surface area (Å²) in [6, 6.07) is 0.353. The van der Waals surface area contributed by atoms with E-state index in [0.29, 0.717) is 18.8 Å². The Bertz CT molecular complexity index is 228. The van der Waals surface area contributed by atoms with E-state index in [4.69, 9.17) is 10.5 Å². The molecular formula is C8H13N3O. The number of hydrogen-bond donors (Lipinski definition) is 2. The van der Waals surface area contributed by atoms with Gasteiger partial charge in [0.25, 0.3) is 0 Å². The second kappa shape index (κ2) is 3.25. The summed E-state index contributed by atoms with van der Waals surface area (Å²) in [6.07, 6.45) is 5.85. The van der Waals surface area contributed by atoms with E-state index in [0.717, 1.165) is 18.7 Å². The molecule has 3 N–H and O–H groups in total. The average Bonchev–Trinajstić information content (AvgIpc) is 2.47. The Labute approximate surface area is 71.1 Å². The molecule has 1 heterocycles. The zero-order valence-corrected chi connectivity index (χ0v) is 6.86. The highest BCUT2D eigenvalue weighted by molar-refractivity contribution is 4.87. The fourth-order valence-electron chi connectivity index (χ4n) is 1.32. The third kappa shape index (κ3) is 1.65. The summed E-state index contributed by atoms with van der Waals surface area (Å²) in [4.78, 5) is 7.04. The van der Waals surface area contributed by atoms with Crippen LogP contribution in [0.4, 0.5) is 0 Å². The molecule has 0 spiro atoms. The van der Waals surface area contributed by atoms with Gasteiger partial charge in [0.05, 0.1) is 6.10 Å². The molecular weight excluding hydrogens is 154 g/mol. The molecule has 0 aromatic carbocycles. The zero-order chi connectivity index (χ0) is 8.39. The second-order valence-electron chi connectivity index (χ2n) is 3.20. The summed E-state index contributed by atoms with van der Waals surface area (Å²) >= 11 is 0. The van der Waals surface area contributed by atoms with Crippen molar-refractivity contribution < 1.29 is 4.74 Å². The predicted octanol–water partition coefficient (Wildman–Crippen LogP) is 0.416. The minimum Gasteiger partial charge on any atom is -0.370 e. The number of aromatic nitrogens is 2. The number of aromatic amines is 1. The molecule has 1 aliphatic carbocycles. The van der Waals surface area contributed by atoms with Crippen LogP contribution in [0.1, 0.15) is 18.7 Å². The molecule has 4 heteroatoms. The molecule has 0 bridgehead atoms. The number of rotatable bonds is 3. The van der Waals surface area contributed by atoms with E-state index in [1.165, 1.54) is 0 Å². The van der Waals surface area contributed by atoms with Crippen LogP contribution in [-0.2, 0) is 11.3 Å². The first-order valence-electron chi connectivity index (χ1n) is 4.20. The molecule has 1 aromatic rings. The lowest BCUT2D eigenvalue weighted by molar-refractivity contribution is -0.0213. The molecule has 0 amide bonds. The van der Waals surface area contributed by atoms with Crippen molar-refractivity contribution in [2.75, 3.05) is 0 Å². The number of H-pyrrole nitrogens is 1. The van der Waals surface area contributed by atoms with Crippen LogP contribution in [0.15, 0.2) is 12.4 Å². The first-order chi connectivity index (χ1) is 5.84. The van der Waals surface area contributed by atoms with Gasteiger partial charge in [-0.2, -0.15) is 0 Å². The van der Waals surface area contributed by atoms with Gasteiger partial charge >= 0.3 is 0 Å². The van der Waals surface area contributed by atoms with Crippen molar-refractivity contribution in [1.82, 2.24) is 9.97 Å². The molecule has 0 unspecified atom stereocenters. The van der Waals surface area contributed by atoms with Crippen molar-refractivity contribution in [3.63, 3.8) is 0 Å². The lowest BCUT2D eigenvalue weighted by atomic mass is 9.90. The maximum Gasteiger partial charge on any atom is 0.132 e. The standard InChI is InChI=1S/C8H13N3O/c9-6-3-7(4-6)12-5-8-10-1-2-11-8/h1-2,6-7H,3-5,9H2,(H,10,11). The quantitative estimate of drug-likeness (QED) is 0.685. The van der Waals surface area contributed by atoms with Crippen LogP contribution in [0, 0.1) is 0 Å². The van der Waals surface area contributed by atoms with Crippen LogP contribution in [0.3, 0.4) is 0 Å². The van der Waals surface area contributed by atoms with Crippen molar-refractivity contribution >= 4 is 0 Å². The first-order valence-corrected chi connectivity index (χ1v) is 4.20.